The molecule has 0 unspecified atom stereocenters. The van der Waals surface area contributed by atoms with Gasteiger partial charge in [0.15, 0.2) is 0 Å². The highest BCUT2D eigenvalue weighted by atomic mass is 32.2. The molecule has 0 saturated carbocycles. The van der Waals surface area contributed by atoms with Crippen molar-refractivity contribution in [2.24, 2.45) is 0 Å². The van der Waals surface area contributed by atoms with Crippen LogP contribution in [-0.2, 0) is 9.47 Å². The van der Waals surface area contributed by atoms with Crippen molar-refractivity contribution in [3.05, 3.63) is 24.3 Å². The Labute approximate surface area is 94.7 Å². The maximum absolute atomic E-state index is 5.36. The summed E-state index contributed by atoms with van der Waals surface area (Å²) in [5.41, 5.74) is 0. The van der Waals surface area contributed by atoms with E-state index in [1.165, 1.54) is 0 Å². The van der Waals surface area contributed by atoms with Gasteiger partial charge in [0, 0.05) is 7.11 Å². The van der Waals surface area contributed by atoms with Crippen molar-refractivity contribution in [1.82, 2.24) is 0 Å². The van der Waals surface area contributed by atoms with E-state index in [4.69, 9.17) is 14.2 Å². The minimum absolute atomic E-state index is 0.615. The molecule has 0 radical (unpaired) electrons. The molecule has 1 aromatic rings. The summed E-state index contributed by atoms with van der Waals surface area (Å²) >= 11 is 1.62. The summed E-state index contributed by atoms with van der Waals surface area (Å²) in [4.78, 5) is 1.09. The van der Waals surface area contributed by atoms with Gasteiger partial charge in [-0.25, -0.2) is 0 Å². The Bertz CT molecular complexity index is 278. The van der Waals surface area contributed by atoms with Gasteiger partial charge in [0.2, 0.25) is 0 Å². The molecule has 0 aliphatic rings. The Morgan fingerprint density at radius 2 is 1.93 bits per heavy atom. The number of hydrogen-bond donors (Lipinski definition) is 0. The topological polar surface area (TPSA) is 27.7 Å². The molecular formula is C11H16O3S. The number of methoxy groups -OCH3 is 2. The van der Waals surface area contributed by atoms with E-state index < -0.39 is 0 Å². The van der Waals surface area contributed by atoms with E-state index in [9.17, 15) is 0 Å². The summed E-state index contributed by atoms with van der Waals surface area (Å²) in [6, 6.07) is 7.90. The van der Waals surface area contributed by atoms with Gasteiger partial charge in [-0.1, -0.05) is 23.9 Å². The monoisotopic (exact) mass is 228 g/mol. The Kier molecular flexibility index (Phi) is 6.23. The second-order valence-corrected chi connectivity index (χ2v) is 3.78. The van der Waals surface area contributed by atoms with Crippen LogP contribution in [0.3, 0.4) is 0 Å². The zero-order chi connectivity index (χ0) is 10.9. The molecule has 0 aliphatic heterocycles. The van der Waals surface area contributed by atoms with E-state index in [0.717, 1.165) is 10.6 Å². The standard InChI is InChI=1S/C11H16O3S/c1-12-7-8-14-9-15-11-6-4-3-5-10(11)13-2/h3-6H,7-9H2,1-2H3. The van der Waals surface area contributed by atoms with E-state index in [0.29, 0.717) is 19.2 Å². The average Bonchev–Trinajstić information content (AvgIpc) is 2.29. The zero-order valence-electron chi connectivity index (χ0n) is 9.06. The summed E-state index contributed by atoms with van der Waals surface area (Å²) in [7, 11) is 3.34. The van der Waals surface area contributed by atoms with Crippen LogP contribution < -0.4 is 4.74 Å². The van der Waals surface area contributed by atoms with E-state index >= 15 is 0 Å². The van der Waals surface area contributed by atoms with Crippen molar-refractivity contribution in [3.8, 4) is 5.75 Å². The molecule has 0 N–H and O–H groups in total. The SMILES string of the molecule is COCCOCSc1ccccc1OC. The maximum Gasteiger partial charge on any atom is 0.132 e. The van der Waals surface area contributed by atoms with Gasteiger partial charge in [0.25, 0.3) is 0 Å². The molecule has 0 amide bonds. The van der Waals surface area contributed by atoms with Crippen LogP contribution in [0.2, 0.25) is 0 Å². The van der Waals surface area contributed by atoms with Crippen molar-refractivity contribution in [2.75, 3.05) is 33.4 Å². The number of hydrogen-bond acceptors (Lipinski definition) is 4. The van der Waals surface area contributed by atoms with Crippen LogP contribution in [0.1, 0.15) is 0 Å². The number of ether oxygens (including phenoxy) is 3. The lowest BCUT2D eigenvalue weighted by Crippen LogP contribution is -2.00. The molecule has 0 heterocycles. The van der Waals surface area contributed by atoms with Crippen LogP contribution in [0.15, 0.2) is 29.2 Å². The largest absolute Gasteiger partial charge is 0.496 e. The van der Waals surface area contributed by atoms with Gasteiger partial charge in [-0.2, -0.15) is 0 Å². The number of benzene rings is 1. The lowest BCUT2D eigenvalue weighted by Gasteiger charge is -2.07. The first-order chi connectivity index (χ1) is 7.38. The second kappa shape index (κ2) is 7.56. The van der Waals surface area contributed by atoms with Crippen molar-refractivity contribution >= 4 is 11.8 Å². The van der Waals surface area contributed by atoms with Gasteiger partial charge in [0.05, 0.1) is 31.2 Å². The molecule has 15 heavy (non-hydrogen) atoms. The van der Waals surface area contributed by atoms with Crippen molar-refractivity contribution in [1.29, 1.82) is 0 Å². The van der Waals surface area contributed by atoms with E-state index in [2.05, 4.69) is 0 Å². The molecule has 3 nitrogen and oxygen atoms in total. The van der Waals surface area contributed by atoms with Crippen molar-refractivity contribution in [3.63, 3.8) is 0 Å². The minimum atomic E-state index is 0.615. The van der Waals surface area contributed by atoms with E-state index in [1.54, 1.807) is 26.0 Å². The average molecular weight is 228 g/mol. The summed E-state index contributed by atoms with van der Waals surface area (Å²) < 4.78 is 15.5. The molecule has 0 saturated heterocycles. The van der Waals surface area contributed by atoms with E-state index in [-0.39, 0.29) is 0 Å². The van der Waals surface area contributed by atoms with Crippen LogP contribution in [0, 0.1) is 0 Å². The maximum atomic E-state index is 5.36. The van der Waals surface area contributed by atoms with Crippen LogP contribution in [0.4, 0.5) is 0 Å². The van der Waals surface area contributed by atoms with Gasteiger partial charge in [-0.05, 0) is 12.1 Å². The fourth-order valence-electron chi connectivity index (χ4n) is 1.04. The molecule has 84 valence electrons. The normalized spacial score (nSPS) is 10.3. The molecule has 0 fully saturated rings. The quantitative estimate of drug-likeness (QED) is 0.407. The molecule has 0 aliphatic carbocycles. The fourth-order valence-corrected chi connectivity index (χ4v) is 1.84. The van der Waals surface area contributed by atoms with E-state index in [1.807, 2.05) is 24.3 Å². The van der Waals surface area contributed by atoms with Gasteiger partial charge in [-0.3, -0.25) is 0 Å². The first kappa shape index (κ1) is 12.4. The third-order valence-electron chi connectivity index (χ3n) is 1.80. The smallest absolute Gasteiger partial charge is 0.132 e. The van der Waals surface area contributed by atoms with Gasteiger partial charge < -0.3 is 14.2 Å². The summed E-state index contributed by atoms with van der Waals surface area (Å²) in [5.74, 6) is 1.50. The molecule has 4 heteroatoms. The number of thioether (sulfide) groups is 1. The zero-order valence-corrected chi connectivity index (χ0v) is 9.88. The van der Waals surface area contributed by atoms with Crippen molar-refractivity contribution < 1.29 is 14.2 Å². The minimum Gasteiger partial charge on any atom is -0.496 e. The predicted octanol–water partition coefficient (Wildman–Crippen LogP) is 2.41. The summed E-state index contributed by atoms with van der Waals surface area (Å²) in [6.45, 7) is 1.26. The first-order valence-corrected chi connectivity index (χ1v) is 5.69. The second-order valence-electron chi connectivity index (χ2n) is 2.81. The number of rotatable bonds is 7. The third-order valence-corrected chi connectivity index (χ3v) is 2.73. The van der Waals surface area contributed by atoms with Crippen LogP contribution in [0.5, 0.6) is 5.75 Å². The molecule has 0 spiro atoms. The van der Waals surface area contributed by atoms with Crippen LogP contribution in [-0.4, -0.2) is 33.4 Å². The summed E-state index contributed by atoms with van der Waals surface area (Å²) in [5, 5.41) is 0. The number of para-hydroxylation sites is 1. The molecule has 1 aromatic carbocycles. The molecule has 0 aromatic heterocycles. The first-order valence-electron chi connectivity index (χ1n) is 4.71. The lowest BCUT2D eigenvalue weighted by atomic mass is 10.3. The molecule has 1 rings (SSSR count). The van der Waals surface area contributed by atoms with Gasteiger partial charge in [-0.15, -0.1) is 0 Å². The molecule has 0 atom stereocenters. The Balaban J connectivity index is 2.30. The predicted molar refractivity (Wildman–Crippen MR) is 61.5 cm³/mol. The lowest BCUT2D eigenvalue weighted by molar-refractivity contribution is 0.0953. The molecule has 0 bridgehead atoms. The summed E-state index contributed by atoms with van der Waals surface area (Å²) in [6.07, 6.45) is 0. The Morgan fingerprint density at radius 1 is 1.13 bits per heavy atom. The van der Waals surface area contributed by atoms with Gasteiger partial charge in [0.1, 0.15) is 5.75 Å². The van der Waals surface area contributed by atoms with Crippen LogP contribution in [0.25, 0.3) is 0 Å². The highest BCUT2D eigenvalue weighted by molar-refractivity contribution is 7.99. The molecular weight excluding hydrogens is 212 g/mol. The van der Waals surface area contributed by atoms with Gasteiger partial charge >= 0.3 is 0 Å². The highest BCUT2D eigenvalue weighted by Crippen LogP contribution is 2.28. The Morgan fingerprint density at radius 3 is 2.67 bits per heavy atom. The van der Waals surface area contributed by atoms with Crippen LogP contribution >= 0.6 is 11.8 Å². The Hall–Kier alpha value is -0.710. The highest BCUT2D eigenvalue weighted by Gasteiger charge is 2.01. The fraction of sp³-hybridized carbons (Fsp3) is 0.455. The van der Waals surface area contributed by atoms with Crippen molar-refractivity contribution in [2.45, 2.75) is 4.90 Å². The third kappa shape index (κ3) is 4.55.